The van der Waals surface area contributed by atoms with Crippen LogP contribution in [-0.2, 0) is 16.0 Å². The summed E-state index contributed by atoms with van der Waals surface area (Å²) in [5.74, 6) is -0.195. The van der Waals surface area contributed by atoms with E-state index in [1.54, 1.807) is 19.9 Å². The average Bonchev–Trinajstić information content (AvgIpc) is 3.47. The predicted molar refractivity (Wildman–Crippen MR) is 97.8 cm³/mol. The number of aryl methyl sites for hydroxylation is 1. The lowest BCUT2D eigenvalue weighted by Crippen LogP contribution is -2.50. The Kier molecular flexibility index (Phi) is 5.17. The number of nitrogens with zero attached hydrogens (tertiary/aromatic N) is 2. The minimum atomic E-state index is -0.774. The van der Waals surface area contributed by atoms with Gasteiger partial charge >= 0.3 is 5.97 Å². The number of fused-ring (bicyclic) bond motifs is 1. The molecule has 1 aromatic rings. The molecule has 1 aromatic carbocycles. The van der Waals surface area contributed by atoms with E-state index in [9.17, 15) is 14.9 Å². The van der Waals surface area contributed by atoms with Gasteiger partial charge in [-0.2, -0.15) is 5.26 Å². The first-order valence-electron chi connectivity index (χ1n) is 9.24. The summed E-state index contributed by atoms with van der Waals surface area (Å²) in [7, 11) is 0. The lowest BCUT2D eigenvalue weighted by Gasteiger charge is -2.32. The number of ether oxygens (including phenoxy) is 1. The third kappa shape index (κ3) is 3.82. The van der Waals surface area contributed by atoms with E-state index in [0.29, 0.717) is 12.2 Å². The molecule has 1 aliphatic heterocycles. The van der Waals surface area contributed by atoms with Crippen molar-refractivity contribution in [3.8, 4) is 6.07 Å². The van der Waals surface area contributed by atoms with Gasteiger partial charge in [0, 0.05) is 12.2 Å². The second kappa shape index (κ2) is 7.36. The molecule has 0 unspecified atom stereocenters. The fourth-order valence-corrected chi connectivity index (χ4v) is 3.57. The van der Waals surface area contributed by atoms with Gasteiger partial charge in [0.15, 0.2) is 0 Å². The van der Waals surface area contributed by atoms with Crippen LogP contribution in [0.1, 0.15) is 49.0 Å². The normalized spacial score (nSPS) is 18.3. The molecule has 6 heteroatoms. The van der Waals surface area contributed by atoms with Crippen LogP contribution in [0.4, 0.5) is 5.69 Å². The fraction of sp³-hybridized carbons (Fsp3) is 0.550. The Balaban J connectivity index is 1.70. The molecule has 1 aliphatic carbocycles. The predicted octanol–water partition coefficient (Wildman–Crippen LogP) is 2.42. The van der Waals surface area contributed by atoms with E-state index in [0.717, 1.165) is 43.5 Å². The van der Waals surface area contributed by atoms with Crippen LogP contribution in [0.3, 0.4) is 0 Å². The van der Waals surface area contributed by atoms with Gasteiger partial charge < -0.3 is 15.0 Å². The highest BCUT2D eigenvalue weighted by Gasteiger charge is 2.43. The van der Waals surface area contributed by atoms with Gasteiger partial charge in [0.2, 0.25) is 5.91 Å². The molecule has 1 amide bonds. The number of hydrogen-bond acceptors (Lipinski definition) is 5. The summed E-state index contributed by atoms with van der Waals surface area (Å²) in [5.41, 5.74) is 1.80. The summed E-state index contributed by atoms with van der Waals surface area (Å²) in [5, 5.41) is 12.3. The van der Waals surface area contributed by atoms with E-state index >= 15 is 0 Å². The molecule has 1 fully saturated rings. The topological polar surface area (TPSA) is 82.4 Å². The monoisotopic (exact) mass is 355 g/mol. The molecule has 1 heterocycles. The number of nitriles is 1. The molecule has 0 aromatic heterocycles. The third-order valence-corrected chi connectivity index (χ3v) is 5.17. The zero-order valence-electron chi connectivity index (χ0n) is 15.4. The van der Waals surface area contributed by atoms with Gasteiger partial charge in [0.1, 0.15) is 5.54 Å². The quantitative estimate of drug-likeness (QED) is 0.793. The lowest BCUT2D eigenvalue weighted by molar-refractivity contribution is -0.121. The first kappa shape index (κ1) is 18.2. The Morgan fingerprint density at radius 1 is 1.42 bits per heavy atom. The number of esters is 1. The van der Waals surface area contributed by atoms with Crippen LogP contribution in [0.15, 0.2) is 18.2 Å². The molecule has 0 saturated heterocycles. The van der Waals surface area contributed by atoms with Gasteiger partial charge in [-0.25, -0.2) is 4.79 Å². The summed E-state index contributed by atoms with van der Waals surface area (Å²) in [6.07, 6.45) is 3.78. The molecule has 1 atom stereocenters. The first-order chi connectivity index (χ1) is 12.5. The van der Waals surface area contributed by atoms with Crippen molar-refractivity contribution in [1.82, 2.24) is 5.32 Å². The van der Waals surface area contributed by atoms with Gasteiger partial charge in [-0.15, -0.1) is 0 Å². The van der Waals surface area contributed by atoms with Crippen molar-refractivity contribution in [2.75, 3.05) is 24.6 Å². The van der Waals surface area contributed by atoms with Gasteiger partial charge in [-0.1, -0.05) is 0 Å². The van der Waals surface area contributed by atoms with Crippen LogP contribution < -0.4 is 10.2 Å². The number of amides is 1. The van der Waals surface area contributed by atoms with E-state index in [1.165, 1.54) is 0 Å². The van der Waals surface area contributed by atoms with E-state index in [-0.39, 0.29) is 24.3 Å². The van der Waals surface area contributed by atoms with Crippen LogP contribution >= 0.6 is 0 Å². The second-order valence-corrected chi connectivity index (χ2v) is 7.23. The maximum absolute atomic E-state index is 12.5. The van der Waals surface area contributed by atoms with Gasteiger partial charge in [-0.05, 0) is 69.2 Å². The molecule has 3 rings (SSSR count). The molecule has 26 heavy (non-hydrogen) atoms. The lowest BCUT2D eigenvalue weighted by atomic mass is 9.97. The molecular weight excluding hydrogens is 330 g/mol. The van der Waals surface area contributed by atoms with Gasteiger partial charge in [0.25, 0.3) is 0 Å². The number of nitrogens with one attached hydrogen (secondary N) is 1. The van der Waals surface area contributed by atoms with Crippen molar-refractivity contribution >= 4 is 17.6 Å². The number of hydrogen-bond donors (Lipinski definition) is 1. The Morgan fingerprint density at radius 3 is 2.85 bits per heavy atom. The molecular formula is C20H25N3O3. The average molecular weight is 355 g/mol. The molecule has 0 bridgehead atoms. The Hall–Kier alpha value is -2.55. The number of anilines is 1. The minimum Gasteiger partial charge on any atom is -0.462 e. The molecule has 2 aliphatic rings. The highest BCUT2D eigenvalue weighted by molar-refractivity contribution is 5.91. The molecule has 138 valence electrons. The van der Waals surface area contributed by atoms with Crippen molar-refractivity contribution in [2.24, 2.45) is 5.92 Å². The first-order valence-corrected chi connectivity index (χ1v) is 9.24. The zero-order chi connectivity index (χ0) is 18.7. The highest BCUT2D eigenvalue weighted by Crippen LogP contribution is 2.39. The smallest absolute Gasteiger partial charge is 0.338 e. The summed E-state index contributed by atoms with van der Waals surface area (Å²) >= 11 is 0. The summed E-state index contributed by atoms with van der Waals surface area (Å²) in [6.45, 7) is 4.94. The molecule has 1 N–H and O–H groups in total. The van der Waals surface area contributed by atoms with E-state index < -0.39 is 5.54 Å². The Bertz CT molecular complexity index is 751. The number of benzene rings is 1. The summed E-state index contributed by atoms with van der Waals surface area (Å²) in [4.78, 5) is 26.5. The SMILES string of the molecule is CCOC(=O)c1ccc2c(c1)CCCN2CC(=O)N[C@@](C)(C#N)C1CC1. The highest BCUT2D eigenvalue weighted by atomic mass is 16.5. The van der Waals surface area contributed by atoms with Crippen molar-refractivity contribution in [1.29, 1.82) is 5.26 Å². The van der Waals surface area contributed by atoms with Gasteiger partial charge in [0.05, 0.1) is 24.8 Å². The van der Waals surface area contributed by atoms with Crippen LogP contribution in [-0.4, -0.2) is 37.1 Å². The van der Waals surface area contributed by atoms with Crippen molar-refractivity contribution in [3.05, 3.63) is 29.3 Å². The van der Waals surface area contributed by atoms with Crippen molar-refractivity contribution in [3.63, 3.8) is 0 Å². The second-order valence-electron chi connectivity index (χ2n) is 7.23. The number of carbonyl (C=O) groups excluding carboxylic acids is 2. The van der Waals surface area contributed by atoms with Crippen molar-refractivity contribution in [2.45, 2.75) is 45.1 Å². The van der Waals surface area contributed by atoms with E-state index in [1.807, 2.05) is 17.0 Å². The van der Waals surface area contributed by atoms with E-state index in [4.69, 9.17) is 4.74 Å². The van der Waals surface area contributed by atoms with Crippen LogP contribution in [0.25, 0.3) is 0 Å². The van der Waals surface area contributed by atoms with Crippen molar-refractivity contribution < 1.29 is 14.3 Å². The van der Waals surface area contributed by atoms with Crippen LogP contribution in [0.2, 0.25) is 0 Å². The van der Waals surface area contributed by atoms with Crippen LogP contribution in [0, 0.1) is 17.2 Å². The summed E-state index contributed by atoms with van der Waals surface area (Å²) in [6, 6.07) is 7.75. The number of rotatable bonds is 6. The Morgan fingerprint density at radius 2 is 2.19 bits per heavy atom. The standard InChI is InChI=1S/C20H25N3O3/c1-3-26-19(25)15-6-9-17-14(11-15)5-4-10-23(17)12-18(24)22-20(2,13-21)16-7-8-16/h6,9,11,16H,3-5,7-8,10,12H2,1-2H3,(H,22,24)/t20-/m0/s1. The largest absolute Gasteiger partial charge is 0.462 e. The van der Waals surface area contributed by atoms with Crippen LogP contribution in [0.5, 0.6) is 0 Å². The van der Waals surface area contributed by atoms with Gasteiger partial charge in [-0.3, -0.25) is 4.79 Å². The fourth-order valence-electron chi connectivity index (χ4n) is 3.57. The third-order valence-electron chi connectivity index (χ3n) is 5.17. The molecule has 6 nitrogen and oxygen atoms in total. The summed E-state index contributed by atoms with van der Waals surface area (Å²) < 4.78 is 5.06. The minimum absolute atomic E-state index is 0.136. The maximum Gasteiger partial charge on any atom is 0.338 e. The molecule has 0 radical (unpaired) electrons. The molecule has 0 spiro atoms. The van der Waals surface area contributed by atoms with E-state index in [2.05, 4.69) is 11.4 Å². The molecule has 1 saturated carbocycles. The Labute approximate surface area is 154 Å². The maximum atomic E-state index is 12.5. The number of carbonyl (C=O) groups is 2. The zero-order valence-corrected chi connectivity index (χ0v) is 15.4.